The monoisotopic (exact) mass is 333 g/mol. The van der Waals surface area contributed by atoms with E-state index in [4.69, 9.17) is 0 Å². The van der Waals surface area contributed by atoms with Crippen molar-refractivity contribution in [2.45, 2.75) is 51.6 Å². The summed E-state index contributed by atoms with van der Waals surface area (Å²) < 4.78 is 29.6. The summed E-state index contributed by atoms with van der Waals surface area (Å²) >= 11 is 0. The van der Waals surface area contributed by atoms with Crippen LogP contribution in [0.4, 0.5) is 8.78 Å². The Balaban J connectivity index is 1.89. The van der Waals surface area contributed by atoms with Crippen LogP contribution in [0.1, 0.15) is 61.3 Å². The molecule has 3 rings (SSSR count). The lowest BCUT2D eigenvalue weighted by Gasteiger charge is -2.28. The lowest BCUT2D eigenvalue weighted by atomic mass is 9.92. The molecule has 4 nitrogen and oxygen atoms in total. The van der Waals surface area contributed by atoms with Gasteiger partial charge in [0.25, 0.3) is 5.91 Å². The zero-order valence-corrected chi connectivity index (χ0v) is 14.1. The van der Waals surface area contributed by atoms with E-state index in [2.05, 4.69) is 31.2 Å². The van der Waals surface area contributed by atoms with Crippen molar-refractivity contribution in [3.8, 4) is 0 Å². The third kappa shape index (κ3) is 2.92. The zero-order valence-electron chi connectivity index (χ0n) is 14.1. The van der Waals surface area contributed by atoms with E-state index in [1.165, 1.54) is 6.07 Å². The van der Waals surface area contributed by atoms with Gasteiger partial charge in [0, 0.05) is 11.3 Å². The van der Waals surface area contributed by atoms with Crippen LogP contribution in [-0.2, 0) is 12.0 Å². The Labute approximate surface area is 139 Å². The van der Waals surface area contributed by atoms with Gasteiger partial charge in [0.2, 0.25) is 0 Å². The first-order valence-corrected chi connectivity index (χ1v) is 8.11. The standard InChI is InChI=1S/C18H21F2N3O/c1-18(2,3)23-15-9-5-8-14(11(15)10-21-23)22-17(24)16-12(19)6-4-7-13(16)20/h4,6-7,10,14H,5,8-9H2,1-3H3,(H,22,24)/t14-/m0/s1. The smallest absolute Gasteiger partial charge is 0.257 e. The number of rotatable bonds is 2. The van der Waals surface area contributed by atoms with E-state index in [9.17, 15) is 13.6 Å². The first kappa shape index (κ1) is 16.6. The van der Waals surface area contributed by atoms with Gasteiger partial charge in [-0.25, -0.2) is 8.78 Å². The summed E-state index contributed by atoms with van der Waals surface area (Å²) in [5.74, 6) is -2.44. The molecule has 1 aromatic carbocycles. The number of carbonyl (C=O) groups excluding carboxylic acids is 1. The highest BCUT2D eigenvalue weighted by Gasteiger charge is 2.30. The molecular formula is C18H21F2N3O. The molecule has 1 N–H and O–H groups in total. The Morgan fingerprint density at radius 3 is 2.58 bits per heavy atom. The van der Waals surface area contributed by atoms with Crippen molar-refractivity contribution in [3.63, 3.8) is 0 Å². The highest BCUT2D eigenvalue weighted by Crippen LogP contribution is 2.32. The van der Waals surface area contributed by atoms with E-state index in [0.717, 1.165) is 42.7 Å². The van der Waals surface area contributed by atoms with Gasteiger partial charge in [0.15, 0.2) is 0 Å². The first-order valence-electron chi connectivity index (χ1n) is 8.11. The number of halogens is 2. The molecular weight excluding hydrogens is 312 g/mol. The number of nitrogens with zero attached hydrogens (tertiary/aromatic N) is 2. The number of nitrogens with one attached hydrogen (secondary N) is 1. The average molecular weight is 333 g/mol. The second kappa shape index (κ2) is 6.00. The number of amides is 1. The third-order valence-corrected chi connectivity index (χ3v) is 4.31. The molecule has 0 aliphatic heterocycles. The summed E-state index contributed by atoms with van der Waals surface area (Å²) in [6, 6.07) is 3.13. The van der Waals surface area contributed by atoms with Crippen LogP contribution in [0.25, 0.3) is 0 Å². The van der Waals surface area contributed by atoms with Gasteiger partial charge in [-0.1, -0.05) is 6.07 Å². The number of aromatic nitrogens is 2. The number of benzene rings is 1. The molecule has 0 radical (unpaired) electrons. The molecule has 6 heteroatoms. The Bertz CT molecular complexity index is 757. The molecule has 1 amide bonds. The third-order valence-electron chi connectivity index (χ3n) is 4.31. The molecule has 1 heterocycles. The van der Waals surface area contributed by atoms with E-state index >= 15 is 0 Å². The molecule has 2 aromatic rings. The zero-order chi connectivity index (χ0) is 17.5. The van der Waals surface area contributed by atoms with Gasteiger partial charge < -0.3 is 5.32 Å². The summed E-state index contributed by atoms with van der Waals surface area (Å²) in [5, 5.41) is 7.22. The minimum atomic E-state index is -0.853. The molecule has 24 heavy (non-hydrogen) atoms. The van der Waals surface area contributed by atoms with E-state index < -0.39 is 23.1 Å². The SMILES string of the molecule is CC(C)(C)n1ncc2c1CCC[C@@H]2NC(=O)c1c(F)cccc1F. The Morgan fingerprint density at radius 2 is 1.96 bits per heavy atom. The van der Waals surface area contributed by atoms with Crippen LogP contribution in [0, 0.1) is 11.6 Å². The summed E-state index contributed by atoms with van der Waals surface area (Å²) in [5.41, 5.74) is 1.32. The number of fused-ring (bicyclic) bond motifs is 1. The summed E-state index contributed by atoms with van der Waals surface area (Å²) in [4.78, 5) is 12.3. The molecule has 1 atom stereocenters. The van der Waals surface area contributed by atoms with Gasteiger partial charge in [-0.3, -0.25) is 9.48 Å². The van der Waals surface area contributed by atoms with Crippen LogP contribution in [-0.4, -0.2) is 15.7 Å². The molecule has 0 saturated carbocycles. The quantitative estimate of drug-likeness (QED) is 0.910. The molecule has 1 aliphatic rings. The molecule has 0 saturated heterocycles. The minimum Gasteiger partial charge on any atom is -0.345 e. The Hall–Kier alpha value is -2.24. The van der Waals surface area contributed by atoms with Crippen molar-refractivity contribution in [2.75, 3.05) is 0 Å². The average Bonchev–Trinajstić information content (AvgIpc) is 2.92. The van der Waals surface area contributed by atoms with Crippen molar-refractivity contribution in [2.24, 2.45) is 0 Å². The van der Waals surface area contributed by atoms with Gasteiger partial charge >= 0.3 is 0 Å². The van der Waals surface area contributed by atoms with Crippen LogP contribution in [0.3, 0.4) is 0 Å². The Morgan fingerprint density at radius 1 is 1.29 bits per heavy atom. The van der Waals surface area contributed by atoms with Crippen molar-refractivity contribution in [1.82, 2.24) is 15.1 Å². The van der Waals surface area contributed by atoms with Crippen LogP contribution in [0.5, 0.6) is 0 Å². The van der Waals surface area contributed by atoms with Crippen molar-refractivity contribution < 1.29 is 13.6 Å². The van der Waals surface area contributed by atoms with E-state index in [1.54, 1.807) is 6.20 Å². The van der Waals surface area contributed by atoms with Crippen LogP contribution >= 0.6 is 0 Å². The highest BCUT2D eigenvalue weighted by molar-refractivity contribution is 5.95. The molecule has 1 aliphatic carbocycles. The van der Waals surface area contributed by atoms with Gasteiger partial charge in [-0.05, 0) is 52.2 Å². The second-order valence-electron chi connectivity index (χ2n) is 7.14. The lowest BCUT2D eigenvalue weighted by molar-refractivity contribution is 0.0924. The maximum absolute atomic E-state index is 13.8. The molecule has 128 valence electrons. The maximum Gasteiger partial charge on any atom is 0.257 e. The fourth-order valence-electron chi connectivity index (χ4n) is 3.23. The fourth-order valence-corrected chi connectivity index (χ4v) is 3.23. The predicted octanol–water partition coefficient (Wildman–Crippen LogP) is 3.72. The second-order valence-corrected chi connectivity index (χ2v) is 7.14. The van der Waals surface area contributed by atoms with Crippen LogP contribution in [0.15, 0.2) is 24.4 Å². The number of hydrogen-bond donors (Lipinski definition) is 1. The van der Waals surface area contributed by atoms with Crippen molar-refractivity contribution in [3.05, 3.63) is 52.9 Å². The largest absolute Gasteiger partial charge is 0.345 e. The lowest BCUT2D eigenvalue weighted by Crippen LogP contribution is -2.33. The number of hydrogen-bond acceptors (Lipinski definition) is 2. The first-order chi connectivity index (χ1) is 11.3. The van der Waals surface area contributed by atoms with Gasteiger partial charge in [-0.2, -0.15) is 5.10 Å². The summed E-state index contributed by atoms with van der Waals surface area (Å²) in [7, 11) is 0. The molecule has 0 spiro atoms. The summed E-state index contributed by atoms with van der Waals surface area (Å²) in [6.45, 7) is 6.20. The van der Waals surface area contributed by atoms with E-state index in [0.29, 0.717) is 0 Å². The predicted molar refractivity (Wildman–Crippen MR) is 86.7 cm³/mol. The van der Waals surface area contributed by atoms with Gasteiger partial charge in [0.1, 0.15) is 17.2 Å². The minimum absolute atomic E-state index is 0.156. The van der Waals surface area contributed by atoms with E-state index in [-0.39, 0.29) is 11.6 Å². The molecule has 0 unspecified atom stereocenters. The normalized spacial score (nSPS) is 17.5. The fraction of sp³-hybridized carbons (Fsp3) is 0.444. The Kier molecular flexibility index (Phi) is 4.15. The maximum atomic E-state index is 13.8. The van der Waals surface area contributed by atoms with Crippen molar-refractivity contribution in [1.29, 1.82) is 0 Å². The molecule has 0 bridgehead atoms. The van der Waals surface area contributed by atoms with E-state index in [1.807, 2.05) is 4.68 Å². The molecule has 1 aromatic heterocycles. The van der Waals surface area contributed by atoms with Crippen LogP contribution < -0.4 is 5.32 Å². The van der Waals surface area contributed by atoms with Crippen LogP contribution in [0.2, 0.25) is 0 Å². The highest BCUT2D eigenvalue weighted by atomic mass is 19.1. The van der Waals surface area contributed by atoms with Crippen molar-refractivity contribution >= 4 is 5.91 Å². The topological polar surface area (TPSA) is 46.9 Å². The summed E-state index contributed by atoms with van der Waals surface area (Å²) in [6.07, 6.45) is 4.25. The number of carbonyl (C=O) groups is 1. The van der Waals surface area contributed by atoms with Gasteiger partial charge in [-0.15, -0.1) is 0 Å². The molecule has 0 fully saturated rings. The van der Waals surface area contributed by atoms with Gasteiger partial charge in [0.05, 0.1) is 17.8 Å².